The van der Waals surface area contributed by atoms with Crippen LogP contribution >= 0.6 is 0 Å². The quantitative estimate of drug-likeness (QED) is 0.496. The van der Waals surface area contributed by atoms with Gasteiger partial charge in [-0.15, -0.1) is 12.3 Å². The number of carbonyl (C=O) groups excluding carboxylic acids is 1. The van der Waals surface area contributed by atoms with Crippen LogP contribution in [0.15, 0.2) is 12.2 Å². The van der Waals surface area contributed by atoms with Gasteiger partial charge < -0.3 is 5.32 Å². The summed E-state index contributed by atoms with van der Waals surface area (Å²) in [5, 5.41) is 2.80. The molecule has 0 heterocycles. The SMILES string of the molecule is C#CCC(CC)NC(=O)/C=C/C. The van der Waals surface area contributed by atoms with E-state index in [0.717, 1.165) is 6.42 Å². The minimum Gasteiger partial charge on any atom is -0.349 e. The fourth-order valence-corrected chi connectivity index (χ4v) is 0.840. The summed E-state index contributed by atoms with van der Waals surface area (Å²) in [6.07, 6.45) is 9.81. The Morgan fingerprint density at radius 1 is 1.75 bits per heavy atom. The lowest BCUT2D eigenvalue weighted by molar-refractivity contribution is -0.117. The number of allylic oxidation sites excluding steroid dienone is 1. The van der Waals surface area contributed by atoms with E-state index in [2.05, 4.69) is 11.2 Å². The highest BCUT2D eigenvalue weighted by molar-refractivity contribution is 5.87. The van der Waals surface area contributed by atoms with Gasteiger partial charge in [-0.1, -0.05) is 13.0 Å². The average molecular weight is 165 g/mol. The average Bonchev–Trinajstić information content (AvgIpc) is 2.04. The van der Waals surface area contributed by atoms with Crippen molar-refractivity contribution in [3.05, 3.63) is 12.2 Å². The van der Waals surface area contributed by atoms with E-state index in [1.54, 1.807) is 6.08 Å². The Morgan fingerprint density at radius 2 is 2.42 bits per heavy atom. The van der Waals surface area contributed by atoms with Crippen LogP contribution in [0.5, 0.6) is 0 Å². The molecule has 0 aliphatic rings. The minimum atomic E-state index is -0.0698. The maximum absolute atomic E-state index is 11.0. The number of hydrogen-bond donors (Lipinski definition) is 1. The van der Waals surface area contributed by atoms with Crippen LogP contribution in [0.3, 0.4) is 0 Å². The van der Waals surface area contributed by atoms with Gasteiger partial charge in [0.25, 0.3) is 0 Å². The molecular weight excluding hydrogens is 150 g/mol. The third kappa shape index (κ3) is 4.56. The number of terminal acetylenes is 1. The highest BCUT2D eigenvalue weighted by atomic mass is 16.1. The van der Waals surface area contributed by atoms with Crippen LogP contribution in [0, 0.1) is 12.3 Å². The monoisotopic (exact) mass is 165 g/mol. The van der Waals surface area contributed by atoms with Gasteiger partial charge in [0.05, 0.1) is 0 Å². The van der Waals surface area contributed by atoms with Crippen molar-refractivity contribution in [2.75, 3.05) is 0 Å². The van der Waals surface area contributed by atoms with Crippen LogP contribution in [-0.2, 0) is 4.79 Å². The molecule has 0 aliphatic carbocycles. The Hall–Kier alpha value is -1.23. The summed E-state index contributed by atoms with van der Waals surface area (Å²) in [7, 11) is 0. The van der Waals surface area contributed by atoms with Crippen molar-refractivity contribution in [2.45, 2.75) is 32.7 Å². The molecular formula is C10H15NO. The zero-order valence-electron chi connectivity index (χ0n) is 7.63. The summed E-state index contributed by atoms with van der Waals surface area (Å²) < 4.78 is 0. The normalized spacial score (nSPS) is 12.4. The van der Waals surface area contributed by atoms with Gasteiger partial charge in [-0.25, -0.2) is 0 Å². The topological polar surface area (TPSA) is 29.1 Å². The van der Waals surface area contributed by atoms with Gasteiger partial charge in [-0.3, -0.25) is 4.79 Å². The molecule has 0 aromatic heterocycles. The molecule has 1 atom stereocenters. The van der Waals surface area contributed by atoms with Crippen molar-refractivity contribution in [1.82, 2.24) is 5.32 Å². The van der Waals surface area contributed by atoms with Gasteiger partial charge >= 0.3 is 0 Å². The molecule has 0 aromatic carbocycles. The maximum atomic E-state index is 11.0. The van der Waals surface area contributed by atoms with Gasteiger partial charge in [-0.2, -0.15) is 0 Å². The Morgan fingerprint density at radius 3 is 2.83 bits per heavy atom. The van der Waals surface area contributed by atoms with Crippen molar-refractivity contribution in [3.63, 3.8) is 0 Å². The minimum absolute atomic E-state index is 0.0698. The third-order valence-electron chi connectivity index (χ3n) is 1.52. The fraction of sp³-hybridized carbons (Fsp3) is 0.500. The van der Waals surface area contributed by atoms with Gasteiger partial charge in [0.15, 0.2) is 0 Å². The van der Waals surface area contributed by atoms with Crippen LogP contribution in [-0.4, -0.2) is 11.9 Å². The van der Waals surface area contributed by atoms with Gasteiger partial charge in [-0.05, 0) is 19.4 Å². The zero-order chi connectivity index (χ0) is 9.40. The molecule has 0 saturated carbocycles. The first-order chi connectivity index (χ1) is 5.74. The van der Waals surface area contributed by atoms with E-state index < -0.39 is 0 Å². The third-order valence-corrected chi connectivity index (χ3v) is 1.52. The molecule has 0 rings (SSSR count). The van der Waals surface area contributed by atoms with Crippen molar-refractivity contribution in [2.24, 2.45) is 0 Å². The summed E-state index contributed by atoms with van der Waals surface area (Å²) >= 11 is 0. The Kier molecular flexibility index (Phi) is 5.81. The lowest BCUT2D eigenvalue weighted by Crippen LogP contribution is -2.32. The summed E-state index contributed by atoms with van der Waals surface area (Å²) in [6.45, 7) is 3.81. The van der Waals surface area contributed by atoms with E-state index in [-0.39, 0.29) is 11.9 Å². The van der Waals surface area contributed by atoms with E-state index in [9.17, 15) is 4.79 Å². The van der Waals surface area contributed by atoms with E-state index in [1.165, 1.54) is 6.08 Å². The molecule has 66 valence electrons. The first-order valence-corrected chi connectivity index (χ1v) is 4.11. The second kappa shape index (κ2) is 6.48. The molecule has 0 fully saturated rings. The van der Waals surface area contributed by atoms with Gasteiger partial charge in [0.2, 0.25) is 5.91 Å². The van der Waals surface area contributed by atoms with E-state index >= 15 is 0 Å². The van der Waals surface area contributed by atoms with Crippen LogP contribution in [0.2, 0.25) is 0 Å². The fourth-order valence-electron chi connectivity index (χ4n) is 0.840. The molecule has 0 spiro atoms. The lowest BCUT2D eigenvalue weighted by Gasteiger charge is -2.11. The number of rotatable bonds is 4. The second-order valence-electron chi connectivity index (χ2n) is 2.52. The Balaban J connectivity index is 3.86. The van der Waals surface area contributed by atoms with Crippen LogP contribution < -0.4 is 5.32 Å². The lowest BCUT2D eigenvalue weighted by atomic mass is 10.1. The molecule has 1 unspecified atom stereocenters. The molecule has 1 amide bonds. The van der Waals surface area contributed by atoms with Crippen molar-refractivity contribution in [3.8, 4) is 12.3 Å². The molecule has 2 nitrogen and oxygen atoms in total. The Bertz CT molecular complexity index is 200. The van der Waals surface area contributed by atoms with E-state index in [0.29, 0.717) is 6.42 Å². The van der Waals surface area contributed by atoms with Crippen LogP contribution in [0.1, 0.15) is 26.7 Å². The van der Waals surface area contributed by atoms with Crippen molar-refractivity contribution < 1.29 is 4.79 Å². The number of carbonyl (C=O) groups is 1. The van der Waals surface area contributed by atoms with Crippen LogP contribution in [0.4, 0.5) is 0 Å². The molecule has 12 heavy (non-hydrogen) atoms. The first kappa shape index (κ1) is 10.8. The predicted molar refractivity (Wildman–Crippen MR) is 50.5 cm³/mol. The number of hydrogen-bond acceptors (Lipinski definition) is 1. The van der Waals surface area contributed by atoms with E-state index in [4.69, 9.17) is 6.42 Å². The Labute approximate surface area is 74.0 Å². The molecule has 0 aliphatic heterocycles. The number of amides is 1. The second-order valence-corrected chi connectivity index (χ2v) is 2.52. The van der Waals surface area contributed by atoms with Crippen molar-refractivity contribution in [1.29, 1.82) is 0 Å². The highest BCUT2D eigenvalue weighted by Crippen LogP contribution is 1.95. The largest absolute Gasteiger partial charge is 0.349 e. The molecule has 1 N–H and O–H groups in total. The van der Waals surface area contributed by atoms with Crippen LogP contribution in [0.25, 0.3) is 0 Å². The standard InChI is InChI=1S/C10H15NO/c1-4-7-9(6-3)11-10(12)8-5-2/h1,5,8-9H,6-7H2,2-3H3,(H,11,12)/b8-5+. The zero-order valence-corrected chi connectivity index (χ0v) is 7.63. The van der Waals surface area contributed by atoms with Crippen molar-refractivity contribution >= 4 is 5.91 Å². The van der Waals surface area contributed by atoms with Gasteiger partial charge in [0.1, 0.15) is 0 Å². The molecule has 0 radical (unpaired) electrons. The summed E-state index contributed by atoms with van der Waals surface area (Å²) in [5.74, 6) is 2.46. The molecule has 2 heteroatoms. The summed E-state index contributed by atoms with van der Waals surface area (Å²) in [4.78, 5) is 11.0. The predicted octanol–water partition coefficient (Wildman–Crippen LogP) is 1.48. The molecule has 0 saturated heterocycles. The summed E-state index contributed by atoms with van der Waals surface area (Å²) in [5.41, 5.74) is 0. The first-order valence-electron chi connectivity index (χ1n) is 4.11. The summed E-state index contributed by atoms with van der Waals surface area (Å²) in [6, 6.07) is 0.110. The van der Waals surface area contributed by atoms with Gasteiger partial charge in [0, 0.05) is 12.5 Å². The smallest absolute Gasteiger partial charge is 0.243 e. The highest BCUT2D eigenvalue weighted by Gasteiger charge is 2.05. The number of nitrogens with one attached hydrogen (secondary N) is 1. The molecule has 0 aromatic rings. The maximum Gasteiger partial charge on any atom is 0.243 e. The van der Waals surface area contributed by atoms with E-state index in [1.807, 2.05) is 13.8 Å². The molecule has 0 bridgehead atoms.